The molecule has 1 aliphatic heterocycles. The Labute approximate surface area is 250 Å². The topological polar surface area (TPSA) is 45.4 Å². The van der Waals surface area contributed by atoms with E-state index in [-0.39, 0.29) is 6.04 Å². The van der Waals surface area contributed by atoms with Crippen LogP contribution in [-0.2, 0) is 0 Å². The van der Waals surface area contributed by atoms with Gasteiger partial charge in [0.2, 0.25) is 11.8 Å². The van der Waals surface area contributed by atoms with Crippen molar-refractivity contribution in [3.05, 3.63) is 163 Å². The number of allylic oxidation sites excluding steroid dienone is 2. The summed E-state index contributed by atoms with van der Waals surface area (Å²) in [6.45, 7) is 0. The van der Waals surface area contributed by atoms with Gasteiger partial charge in [0.1, 0.15) is 0 Å². The Balaban J connectivity index is 1.12. The number of hydrogen-bond donors (Lipinski definition) is 0. The smallest absolute Gasteiger partial charge is 0.248 e. The van der Waals surface area contributed by atoms with Crippen molar-refractivity contribution in [3.8, 4) is 22.9 Å². The van der Waals surface area contributed by atoms with Gasteiger partial charge in [0.25, 0.3) is 0 Å². The van der Waals surface area contributed by atoms with Gasteiger partial charge in [-0.05, 0) is 84.4 Å². The maximum absolute atomic E-state index is 6.00. The lowest BCUT2D eigenvalue weighted by molar-refractivity contribution is 0.584. The van der Waals surface area contributed by atoms with Crippen LogP contribution in [0, 0.1) is 0 Å². The number of benzene rings is 5. The SMILES string of the molecule is C1=CC2c3ccccc3N(c3ccc(N(c4ccccc4)c4ccc(-c5nnc(-c6ccccc6)o5)cc4)cc3)C2C=C1. The van der Waals surface area contributed by atoms with E-state index in [4.69, 9.17) is 4.42 Å². The molecule has 206 valence electrons. The van der Waals surface area contributed by atoms with Crippen LogP contribution in [0.4, 0.5) is 28.4 Å². The van der Waals surface area contributed by atoms with Gasteiger partial charge in [0.05, 0.1) is 6.04 Å². The first-order valence-corrected chi connectivity index (χ1v) is 14.5. The van der Waals surface area contributed by atoms with Crippen LogP contribution in [0.25, 0.3) is 22.9 Å². The number of rotatable bonds is 6. The number of anilines is 5. The fourth-order valence-electron chi connectivity index (χ4n) is 6.17. The predicted molar refractivity (Wildman–Crippen MR) is 173 cm³/mol. The fourth-order valence-corrected chi connectivity index (χ4v) is 6.17. The van der Waals surface area contributed by atoms with E-state index in [2.05, 4.69) is 129 Å². The van der Waals surface area contributed by atoms with Gasteiger partial charge < -0.3 is 14.2 Å². The molecular formula is C38H28N4O. The Bertz CT molecular complexity index is 1930. The van der Waals surface area contributed by atoms with Crippen LogP contribution < -0.4 is 9.80 Å². The first-order valence-electron chi connectivity index (χ1n) is 14.5. The molecule has 2 atom stereocenters. The van der Waals surface area contributed by atoms with Gasteiger partial charge in [-0.25, -0.2) is 0 Å². The summed E-state index contributed by atoms with van der Waals surface area (Å²) in [6.07, 6.45) is 8.94. The van der Waals surface area contributed by atoms with E-state index < -0.39 is 0 Å². The standard InChI is InChI=1S/C38H28N4O/c1-3-11-27(12-4-1)37-39-40-38(43-37)28-19-21-30(22-20-28)41(29-13-5-2-6-14-29)31-23-25-32(26-24-31)42-35-17-9-7-15-33(35)34-16-8-10-18-36(34)42/h1-26,33,35H. The van der Waals surface area contributed by atoms with Crippen molar-refractivity contribution in [1.82, 2.24) is 10.2 Å². The van der Waals surface area contributed by atoms with E-state index in [0.717, 1.165) is 28.2 Å². The Kier molecular flexibility index (Phi) is 6.19. The van der Waals surface area contributed by atoms with Gasteiger partial charge >= 0.3 is 0 Å². The zero-order chi connectivity index (χ0) is 28.6. The average molecular weight is 557 g/mol. The molecule has 0 saturated heterocycles. The fraction of sp³-hybridized carbons (Fsp3) is 0.0526. The maximum atomic E-state index is 6.00. The van der Waals surface area contributed by atoms with Crippen LogP contribution in [0.2, 0.25) is 0 Å². The molecule has 0 saturated carbocycles. The van der Waals surface area contributed by atoms with Crippen LogP contribution in [0.3, 0.4) is 0 Å². The van der Waals surface area contributed by atoms with Crippen molar-refractivity contribution in [2.24, 2.45) is 0 Å². The summed E-state index contributed by atoms with van der Waals surface area (Å²) in [4.78, 5) is 4.72. The summed E-state index contributed by atoms with van der Waals surface area (Å²) in [5, 5.41) is 8.56. The number of fused-ring (bicyclic) bond motifs is 3. The third-order valence-electron chi connectivity index (χ3n) is 8.18. The molecule has 2 unspecified atom stereocenters. The summed E-state index contributed by atoms with van der Waals surface area (Å²) in [5.41, 5.74) is 8.80. The van der Waals surface area contributed by atoms with Gasteiger partial charge in [-0.1, -0.05) is 78.9 Å². The molecule has 43 heavy (non-hydrogen) atoms. The lowest BCUT2D eigenvalue weighted by Crippen LogP contribution is -2.28. The van der Waals surface area contributed by atoms with Gasteiger partial charge in [-0.3, -0.25) is 0 Å². The first kappa shape index (κ1) is 25.1. The molecule has 1 aliphatic carbocycles. The van der Waals surface area contributed by atoms with Crippen molar-refractivity contribution >= 4 is 28.4 Å². The third kappa shape index (κ3) is 4.52. The summed E-state index contributed by atoms with van der Waals surface area (Å²) in [5.74, 6) is 1.37. The third-order valence-corrected chi connectivity index (χ3v) is 8.18. The average Bonchev–Trinajstić information content (AvgIpc) is 3.71. The van der Waals surface area contributed by atoms with Crippen molar-refractivity contribution < 1.29 is 4.42 Å². The highest BCUT2D eigenvalue weighted by Gasteiger charge is 2.36. The molecule has 1 aromatic heterocycles. The molecule has 0 spiro atoms. The zero-order valence-electron chi connectivity index (χ0n) is 23.4. The Morgan fingerprint density at radius 3 is 1.81 bits per heavy atom. The van der Waals surface area contributed by atoms with E-state index in [9.17, 15) is 0 Å². The van der Waals surface area contributed by atoms with E-state index >= 15 is 0 Å². The predicted octanol–water partition coefficient (Wildman–Crippen LogP) is 9.60. The van der Waals surface area contributed by atoms with Crippen molar-refractivity contribution in [2.45, 2.75) is 12.0 Å². The minimum absolute atomic E-state index is 0.276. The van der Waals surface area contributed by atoms with Crippen LogP contribution in [0.5, 0.6) is 0 Å². The lowest BCUT2D eigenvalue weighted by atomic mass is 9.91. The van der Waals surface area contributed by atoms with Gasteiger partial charge in [0, 0.05) is 45.5 Å². The molecule has 0 N–H and O–H groups in total. The van der Waals surface area contributed by atoms with Crippen LogP contribution in [0.15, 0.2) is 162 Å². The highest BCUT2D eigenvalue weighted by atomic mass is 16.4. The molecule has 2 heterocycles. The monoisotopic (exact) mass is 556 g/mol. The second-order valence-corrected chi connectivity index (χ2v) is 10.7. The quantitative estimate of drug-likeness (QED) is 0.204. The van der Waals surface area contributed by atoms with Crippen LogP contribution in [0.1, 0.15) is 11.5 Å². The first-order chi connectivity index (χ1) is 21.3. The highest BCUT2D eigenvalue weighted by Crippen LogP contribution is 2.48. The molecule has 5 aromatic carbocycles. The van der Waals surface area contributed by atoms with E-state index in [1.165, 1.54) is 16.9 Å². The van der Waals surface area contributed by atoms with Gasteiger partial charge in [-0.15, -0.1) is 10.2 Å². The highest BCUT2D eigenvalue weighted by molar-refractivity contribution is 5.81. The Hall–Kier alpha value is -5.68. The van der Waals surface area contributed by atoms with Crippen molar-refractivity contribution in [2.75, 3.05) is 9.80 Å². The molecule has 5 nitrogen and oxygen atoms in total. The van der Waals surface area contributed by atoms with Crippen molar-refractivity contribution in [1.29, 1.82) is 0 Å². The maximum Gasteiger partial charge on any atom is 0.248 e. The summed E-state index contributed by atoms with van der Waals surface area (Å²) in [7, 11) is 0. The van der Waals surface area contributed by atoms with Crippen LogP contribution >= 0.6 is 0 Å². The summed E-state index contributed by atoms with van der Waals surface area (Å²) in [6, 6.07) is 46.4. The molecule has 8 rings (SSSR count). The van der Waals surface area contributed by atoms with Gasteiger partial charge in [-0.2, -0.15) is 0 Å². The summed E-state index contributed by atoms with van der Waals surface area (Å²) >= 11 is 0. The molecule has 0 amide bonds. The molecular weight excluding hydrogens is 528 g/mol. The molecule has 0 radical (unpaired) electrons. The molecule has 6 aromatic rings. The number of hydrogen-bond acceptors (Lipinski definition) is 5. The molecule has 0 fully saturated rings. The van der Waals surface area contributed by atoms with E-state index in [0.29, 0.717) is 17.7 Å². The van der Waals surface area contributed by atoms with Crippen molar-refractivity contribution in [3.63, 3.8) is 0 Å². The summed E-state index contributed by atoms with van der Waals surface area (Å²) < 4.78 is 6.00. The minimum atomic E-state index is 0.276. The molecule has 0 bridgehead atoms. The Morgan fingerprint density at radius 1 is 0.535 bits per heavy atom. The largest absolute Gasteiger partial charge is 0.416 e. The minimum Gasteiger partial charge on any atom is -0.416 e. The normalized spacial score (nSPS) is 16.6. The second-order valence-electron chi connectivity index (χ2n) is 10.7. The second kappa shape index (κ2) is 10.6. The van der Waals surface area contributed by atoms with E-state index in [1.807, 2.05) is 48.5 Å². The Morgan fingerprint density at radius 2 is 1.09 bits per heavy atom. The number of aromatic nitrogens is 2. The molecule has 2 aliphatic rings. The number of para-hydroxylation sites is 2. The number of nitrogens with zero attached hydrogens (tertiary/aromatic N) is 4. The van der Waals surface area contributed by atoms with Gasteiger partial charge in [0.15, 0.2) is 0 Å². The van der Waals surface area contributed by atoms with Crippen LogP contribution in [-0.4, -0.2) is 16.2 Å². The van der Waals surface area contributed by atoms with E-state index in [1.54, 1.807) is 0 Å². The molecule has 5 heteroatoms. The zero-order valence-corrected chi connectivity index (χ0v) is 23.4. The lowest BCUT2D eigenvalue weighted by Gasteiger charge is -2.30.